The molecule has 2 heterocycles. The molecule has 1 atom stereocenters. The number of hydrogen-bond donors (Lipinski definition) is 2. The van der Waals surface area contributed by atoms with Crippen LogP contribution >= 0.6 is 0 Å². The first-order valence-corrected chi connectivity index (χ1v) is 5.83. The topological polar surface area (TPSA) is 88.1 Å². The molecule has 0 radical (unpaired) electrons. The van der Waals surface area contributed by atoms with Crippen molar-refractivity contribution in [1.82, 2.24) is 4.90 Å². The third kappa shape index (κ3) is 1.82. The van der Waals surface area contributed by atoms with Crippen molar-refractivity contribution in [3.8, 4) is 0 Å². The van der Waals surface area contributed by atoms with Crippen molar-refractivity contribution in [2.45, 2.75) is 6.04 Å². The molecule has 0 spiro atoms. The Labute approximate surface area is 108 Å². The Kier molecular flexibility index (Phi) is 2.63. The van der Waals surface area contributed by atoms with Gasteiger partial charge in [-0.2, -0.15) is 0 Å². The lowest BCUT2D eigenvalue weighted by Crippen LogP contribution is -2.48. The number of morpholine rings is 1. The monoisotopic (exact) mass is 265 g/mol. The molecule has 2 aliphatic heterocycles. The van der Waals surface area contributed by atoms with Crippen LogP contribution in [-0.2, 0) is 4.74 Å². The van der Waals surface area contributed by atoms with Gasteiger partial charge in [0.25, 0.3) is 0 Å². The highest BCUT2D eigenvalue weighted by Gasteiger charge is 2.33. The molecule has 3 N–H and O–H groups in total. The fourth-order valence-corrected chi connectivity index (χ4v) is 2.43. The molecule has 6 nitrogen and oxygen atoms in total. The smallest absolute Gasteiger partial charge is 0.338 e. The van der Waals surface area contributed by atoms with E-state index in [1.165, 1.54) is 6.07 Å². The summed E-state index contributed by atoms with van der Waals surface area (Å²) in [5.74, 6) is -1.80. The van der Waals surface area contributed by atoms with Crippen molar-refractivity contribution in [2.24, 2.45) is 10.7 Å². The molecule has 1 fully saturated rings. The van der Waals surface area contributed by atoms with Crippen molar-refractivity contribution in [3.05, 3.63) is 29.1 Å². The summed E-state index contributed by atoms with van der Waals surface area (Å²) in [6.07, 6.45) is 0. The second-order valence-electron chi connectivity index (χ2n) is 4.45. The second kappa shape index (κ2) is 4.20. The first-order valence-electron chi connectivity index (χ1n) is 5.83. The van der Waals surface area contributed by atoms with Crippen LogP contribution in [0, 0.1) is 5.82 Å². The molecule has 19 heavy (non-hydrogen) atoms. The van der Waals surface area contributed by atoms with Gasteiger partial charge >= 0.3 is 5.97 Å². The van der Waals surface area contributed by atoms with Crippen molar-refractivity contribution in [3.63, 3.8) is 0 Å². The van der Waals surface area contributed by atoms with E-state index in [-0.39, 0.29) is 11.6 Å². The molecule has 2 aliphatic rings. The average molecular weight is 265 g/mol. The number of benzene rings is 1. The third-order valence-corrected chi connectivity index (χ3v) is 3.36. The van der Waals surface area contributed by atoms with Gasteiger partial charge in [-0.25, -0.2) is 14.2 Å². The van der Waals surface area contributed by atoms with Crippen LogP contribution in [0.15, 0.2) is 17.1 Å². The largest absolute Gasteiger partial charge is 0.478 e. The Hall–Kier alpha value is -2.15. The van der Waals surface area contributed by atoms with E-state index in [0.29, 0.717) is 37.0 Å². The van der Waals surface area contributed by atoms with E-state index < -0.39 is 11.8 Å². The van der Waals surface area contributed by atoms with Crippen LogP contribution in [0.1, 0.15) is 22.0 Å². The fraction of sp³-hybridized carbons (Fsp3) is 0.333. The molecule has 0 unspecified atom stereocenters. The molecular formula is C12H12FN3O3. The molecule has 3 rings (SSSR count). The van der Waals surface area contributed by atoms with Gasteiger partial charge in [0, 0.05) is 18.2 Å². The summed E-state index contributed by atoms with van der Waals surface area (Å²) in [7, 11) is 0. The minimum absolute atomic E-state index is 0.208. The zero-order valence-corrected chi connectivity index (χ0v) is 9.97. The van der Waals surface area contributed by atoms with Crippen molar-refractivity contribution >= 4 is 17.6 Å². The fourth-order valence-electron chi connectivity index (χ4n) is 2.43. The lowest BCUT2D eigenvalue weighted by atomic mass is 9.98. The van der Waals surface area contributed by atoms with E-state index in [2.05, 4.69) is 4.99 Å². The van der Waals surface area contributed by atoms with Crippen LogP contribution in [0.3, 0.4) is 0 Å². The van der Waals surface area contributed by atoms with Crippen LogP contribution < -0.4 is 5.73 Å². The standard InChI is InChI=1S/C12H12FN3O3/c13-8-4-9-7(3-6(8)11(17)18)10-5-19-2-1-16(10)12(14)15-9/h3-4,10H,1-2,5H2,(H2,14,15)(H,17,18)/t10-/m1/s1. The summed E-state index contributed by atoms with van der Waals surface area (Å²) in [5, 5.41) is 8.97. The molecule has 1 saturated heterocycles. The number of rotatable bonds is 1. The van der Waals surface area contributed by atoms with E-state index in [4.69, 9.17) is 15.6 Å². The van der Waals surface area contributed by atoms with Crippen LogP contribution in [-0.4, -0.2) is 41.7 Å². The van der Waals surface area contributed by atoms with Gasteiger partial charge in [-0.1, -0.05) is 0 Å². The highest BCUT2D eigenvalue weighted by Crippen LogP contribution is 2.37. The lowest BCUT2D eigenvalue weighted by molar-refractivity contribution is 0.0240. The number of aromatic carboxylic acids is 1. The quantitative estimate of drug-likeness (QED) is 0.786. The maximum Gasteiger partial charge on any atom is 0.338 e. The van der Waals surface area contributed by atoms with Gasteiger partial charge in [-0.3, -0.25) is 0 Å². The summed E-state index contributed by atoms with van der Waals surface area (Å²) in [6.45, 7) is 1.50. The van der Waals surface area contributed by atoms with Gasteiger partial charge in [0.15, 0.2) is 5.96 Å². The van der Waals surface area contributed by atoms with Crippen LogP contribution in [0.5, 0.6) is 0 Å². The van der Waals surface area contributed by atoms with E-state index in [0.717, 1.165) is 6.07 Å². The summed E-state index contributed by atoms with van der Waals surface area (Å²) in [6, 6.07) is 2.22. The Morgan fingerprint density at radius 1 is 1.58 bits per heavy atom. The van der Waals surface area contributed by atoms with Crippen molar-refractivity contribution < 1.29 is 19.0 Å². The number of carboxylic acid groups (broad SMARTS) is 1. The van der Waals surface area contributed by atoms with E-state index in [9.17, 15) is 9.18 Å². The van der Waals surface area contributed by atoms with Crippen LogP contribution in [0.2, 0.25) is 0 Å². The van der Waals surface area contributed by atoms with Crippen LogP contribution in [0.4, 0.5) is 10.1 Å². The number of ether oxygens (including phenoxy) is 1. The van der Waals surface area contributed by atoms with Gasteiger partial charge < -0.3 is 20.5 Å². The maximum absolute atomic E-state index is 13.6. The van der Waals surface area contributed by atoms with Crippen molar-refractivity contribution in [2.75, 3.05) is 19.8 Å². The number of carboxylic acids is 1. The molecule has 7 heteroatoms. The maximum atomic E-state index is 13.6. The first kappa shape index (κ1) is 11.9. The zero-order chi connectivity index (χ0) is 13.6. The lowest BCUT2D eigenvalue weighted by Gasteiger charge is -2.39. The normalized spacial score (nSPS) is 21.4. The van der Waals surface area contributed by atoms with E-state index in [1.54, 1.807) is 0 Å². The number of nitrogens with zero attached hydrogens (tertiary/aromatic N) is 2. The van der Waals surface area contributed by atoms with Gasteiger partial charge in [-0.15, -0.1) is 0 Å². The third-order valence-electron chi connectivity index (χ3n) is 3.36. The predicted molar refractivity (Wildman–Crippen MR) is 64.9 cm³/mol. The summed E-state index contributed by atoms with van der Waals surface area (Å²) in [5.41, 5.74) is 6.47. The average Bonchev–Trinajstić information content (AvgIpc) is 2.38. The van der Waals surface area contributed by atoms with Gasteiger partial charge in [0.2, 0.25) is 0 Å². The van der Waals surface area contributed by atoms with E-state index >= 15 is 0 Å². The summed E-state index contributed by atoms with van der Waals surface area (Å²) in [4.78, 5) is 17.0. The molecule has 0 aromatic heterocycles. The number of aliphatic imine (C=N–C) groups is 1. The predicted octanol–water partition coefficient (Wildman–Crippen LogP) is 0.857. The molecule has 0 saturated carbocycles. The minimum Gasteiger partial charge on any atom is -0.478 e. The van der Waals surface area contributed by atoms with Gasteiger partial charge in [-0.05, 0) is 6.07 Å². The Morgan fingerprint density at radius 3 is 3.11 bits per heavy atom. The SMILES string of the molecule is NC1=Nc2cc(F)c(C(=O)O)cc2[C@H]2COCCN12. The summed E-state index contributed by atoms with van der Waals surface area (Å²) >= 11 is 0. The molecule has 0 bridgehead atoms. The van der Waals surface area contributed by atoms with Gasteiger partial charge in [0.1, 0.15) is 5.82 Å². The summed E-state index contributed by atoms with van der Waals surface area (Å²) < 4.78 is 19.0. The first-order chi connectivity index (χ1) is 9.08. The number of hydrogen-bond acceptors (Lipinski definition) is 5. The van der Waals surface area contributed by atoms with Crippen LogP contribution in [0.25, 0.3) is 0 Å². The Balaban J connectivity index is 2.15. The number of carbonyl (C=O) groups is 1. The second-order valence-corrected chi connectivity index (χ2v) is 4.45. The van der Waals surface area contributed by atoms with E-state index in [1.807, 2.05) is 4.90 Å². The molecule has 1 aromatic carbocycles. The van der Waals surface area contributed by atoms with Crippen molar-refractivity contribution in [1.29, 1.82) is 0 Å². The number of guanidine groups is 1. The molecule has 0 aliphatic carbocycles. The number of fused-ring (bicyclic) bond motifs is 3. The highest BCUT2D eigenvalue weighted by molar-refractivity contribution is 5.90. The number of nitrogens with two attached hydrogens (primary N) is 1. The Morgan fingerprint density at radius 2 is 2.37 bits per heavy atom. The minimum atomic E-state index is -1.30. The number of halogens is 1. The molecular weight excluding hydrogens is 253 g/mol. The Bertz CT molecular complexity index is 588. The molecule has 0 amide bonds. The van der Waals surface area contributed by atoms with Gasteiger partial charge in [0.05, 0.1) is 30.5 Å². The zero-order valence-electron chi connectivity index (χ0n) is 9.97. The molecule has 100 valence electrons. The molecule has 1 aromatic rings. The highest BCUT2D eigenvalue weighted by atomic mass is 19.1.